The van der Waals surface area contributed by atoms with Crippen LogP contribution < -0.4 is 5.32 Å². The van der Waals surface area contributed by atoms with Crippen LogP contribution in [0.2, 0.25) is 0 Å². The molecule has 0 fully saturated rings. The highest BCUT2D eigenvalue weighted by Crippen LogP contribution is 2.31. The van der Waals surface area contributed by atoms with Crippen molar-refractivity contribution in [2.75, 3.05) is 5.32 Å². The standard InChI is InChI=1S/C20H18F3N3OS/c1-13-19(26-17(27)8-7-14-5-3-9-24-12-14)28-18(25-13)11-15-4-2-6-16(10-15)20(21,22)23/h2-6,9-10,12H,7-8,11H2,1H3,(H,26,27). The second-order valence-corrected chi connectivity index (χ2v) is 7.39. The van der Waals surface area contributed by atoms with Gasteiger partial charge in [-0.05, 0) is 36.6 Å². The number of hydrogen-bond donors (Lipinski definition) is 1. The maximum absolute atomic E-state index is 12.8. The van der Waals surface area contributed by atoms with Crippen molar-refractivity contribution < 1.29 is 18.0 Å². The Labute approximate surface area is 164 Å². The molecule has 28 heavy (non-hydrogen) atoms. The van der Waals surface area contributed by atoms with E-state index in [4.69, 9.17) is 0 Å². The van der Waals surface area contributed by atoms with E-state index in [1.54, 1.807) is 25.4 Å². The normalized spacial score (nSPS) is 11.4. The van der Waals surface area contributed by atoms with Gasteiger partial charge < -0.3 is 5.32 Å². The SMILES string of the molecule is Cc1nc(Cc2cccc(C(F)(F)F)c2)sc1NC(=O)CCc1cccnc1. The second kappa shape index (κ2) is 8.52. The van der Waals surface area contributed by atoms with E-state index in [1.165, 1.54) is 17.4 Å². The number of anilines is 1. The molecule has 3 aromatic rings. The molecule has 0 unspecified atom stereocenters. The number of aromatic nitrogens is 2. The summed E-state index contributed by atoms with van der Waals surface area (Å²) in [6, 6.07) is 8.93. The molecule has 146 valence electrons. The maximum atomic E-state index is 12.8. The van der Waals surface area contributed by atoms with Crippen molar-refractivity contribution in [2.24, 2.45) is 0 Å². The zero-order chi connectivity index (χ0) is 20.1. The number of aryl methyl sites for hydroxylation is 2. The lowest BCUT2D eigenvalue weighted by atomic mass is 10.1. The highest BCUT2D eigenvalue weighted by Gasteiger charge is 2.30. The van der Waals surface area contributed by atoms with Gasteiger partial charge in [-0.15, -0.1) is 11.3 Å². The summed E-state index contributed by atoms with van der Waals surface area (Å²) < 4.78 is 38.5. The first-order valence-electron chi connectivity index (χ1n) is 8.62. The van der Waals surface area contributed by atoms with Gasteiger partial charge >= 0.3 is 6.18 Å². The number of halogens is 3. The van der Waals surface area contributed by atoms with Crippen LogP contribution in [-0.4, -0.2) is 15.9 Å². The molecule has 0 radical (unpaired) electrons. The Bertz CT molecular complexity index is 955. The number of pyridine rings is 1. The van der Waals surface area contributed by atoms with Gasteiger partial charge in [0.25, 0.3) is 0 Å². The van der Waals surface area contributed by atoms with Gasteiger partial charge in [-0.1, -0.05) is 24.3 Å². The lowest BCUT2D eigenvalue weighted by molar-refractivity contribution is -0.137. The number of nitrogens with one attached hydrogen (secondary N) is 1. The Balaban J connectivity index is 1.62. The van der Waals surface area contributed by atoms with Gasteiger partial charge in [0.2, 0.25) is 5.91 Å². The maximum Gasteiger partial charge on any atom is 0.416 e. The van der Waals surface area contributed by atoms with E-state index in [2.05, 4.69) is 15.3 Å². The zero-order valence-corrected chi connectivity index (χ0v) is 15.9. The molecule has 0 saturated heterocycles. The molecule has 4 nitrogen and oxygen atoms in total. The molecule has 1 N–H and O–H groups in total. The van der Waals surface area contributed by atoms with Crippen LogP contribution in [-0.2, 0) is 23.8 Å². The third-order valence-corrected chi connectivity index (χ3v) is 5.14. The zero-order valence-electron chi connectivity index (χ0n) is 15.1. The van der Waals surface area contributed by atoms with E-state index in [1.807, 2.05) is 12.1 Å². The molecule has 0 aliphatic carbocycles. The van der Waals surface area contributed by atoms with Crippen molar-refractivity contribution in [3.05, 3.63) is 76.2 Å². The van der Waals surface area contributed by atoms with E-state index < -0.39 is 11.7 Å². The molecular weight excluding hydrogens is 387 g/mol. The summed E-state index contributed by atoms with van der Waals surface area (Å²) in [7, 11) is 0. The Morgan fingerprint density at radius 2 is 1.96 bits per heavy atom. The fourth-order valence-corrected chi connectivity index (χ4v) is 3.68. The Kier molecular flexibility index (Phi) is 6.08. The summed E-state index contributed by atoms with van der Waals surface area (Å²) in [5.41, 5.74) is 1.48. The predicted octanol–water partition coefficient (Wildman–Crippen LogP) is 5.03. The smallest absolute Gasteiger partial charge is 0.316 e. The fraction of sp³-hybridized carbons (Fsp3) is 0.250. The van der Waals surface area contributed by atoms with Gasteiger partial charge in [0.05, 0.1) is 16.3 Å². The third kappa shape index (κ3) is 5.39. The highest BCUT2D eigenvalue weighted by molar-refractivity contribution is 7.16. The molecule has 0 spiro atoms. The van der Waals surface area contributed by atoms with Crippen molar-refractivity contribution in [1.29, 1.82) is 0 Å². The van der Waals surface area contributed by atoms with Crippen molar-refractivity contribution >= 4 is 22.2 Å². The number of carbonyl (C=O) groups is 1. The Hall–Kier alpha value is -2.74. The van der Waals surface area contributed by atoms with Crippen LogP contribution in [0.3, 0.4) is 0 Å². The summed E-state index contributed by atoms with van der Waals surface area (Å²) in [4.78, 5) is 20.6. The highest BCUT2D eigenvalue weighted by atomic mass is 32.1. The number of rotatable bonds is 6. The molecule has 3 rings (SSSR count). The molecule has 2 aromatic heterocycles. The molecule has 0 bridgehead atoms. The molecule has 8 heteroatoms. The average molecular weight is 405 g/mol. The topological polar surface area (TPSA) is 54.9 Å². The summed E-state index contributed by atoms with van der Waals surface area (Å²) in [5.74, 6) is -0.138. The van der Waals surface area contributed by atoms with E-state index in [0.717, 1.165) is 17.7 Å². The number of benzene rings is 1. The Morgan fingerprint density at radius 1 is 1.18 bits per heavy atom. The number of alkyl halides is 3. The summed E-state index contributed by atoms with van der Waals surface area (Å²) in [6.45, 7) is 1.77. The van der Waals surface area contributed by atoms with Crippen LogP contribution in [0.25, 0.3) is 0 Å². The Morgan fingerprint density at radius 3 is 2.68 bits per heavy atom. The number of carbonyl (C=O) groups excluding carboxylic acids is 1. The van der Waals surface area contributed by atoms with Crippen molar-refractivity contribution in [2.45, 2.75) is 32.4 Å². The van der Waals surface area contributed by atoms with E-state index in [9.17, 15) is 18.0 Å². The molecule has 0 atom stereocenters. The van der Waals surface area contributed by atoms with Crippen molar-refractivity contribution in [3.8, 4) is 0 Å². The van der Waals surface area contributed by atoms with Gasteiger partial charge in [-0.25, -0.2) is 4.98 Å². The molecule has 1 aromatic carbocycles. The van der Waals surface area contributed by atoms with Crippen molar-refractivity contribution in [1.82, 2.24) is 9.97 Å². The van der Waals surface area contributed by atoms with Crippen LogP contribution in [0.4, 0.5) is 18.2 Å². The van der Waals surface area contributed by atoms with Crippen LogP contribution in [0.1, 0.15) is 33.8 Å². The quantitative estimate of drug-likeness (QED) is 0.626. The lowest BCUT2D eigenvalue weighted by Crippen LogP contribution is -2.12. The average Bonchev–Trinajstić information content (AvgIpc) is 2.99. The van der Waals surface area contributed by atoms with Crippen molar-refractivity contribution in [3.63, 3.8) is 0 Å². The van der Waals surface area contributed by atoms with Gasteiger partial charge in [0.1, 0.15) is 5.00 Å². The largest absolute Gasteiger partial charge is 0.416 e. The minimum Gasteiger partial charge on any atom is -0.316 e. The second-order valence-electron chi connectivity index (χ2n) is 6.31. The predicted molar refractivity (Wildman–Crippen MR) is 102 cm³/mol. The van der Waals surface area contributed by atoms with E-state index >= 15 is 0 Å². The fourth-order valence-electron chi connectivity index (χ4n) is 2.67. The first-order valence-corrected chi connectivity index (χ1v) is 9.44. The van der Waals surface area contributed by atoms with Gasteiger partial charge in [-0.3, -0.25) is 9.78 Å². The third-order valence-electron chi connectivity index (χ3n) is 4.07. The summed E-state index contributed by atoms with van der Waals surface area (Å²) in [5, 5.41) is 4.11. The molecular formula is C20H18F3N3OS. The van der Waals surface area contributed by atoms with Crippen LogP contribution in [0.15, 0.2) is 48.8 Å². The molecule has 2 heterocycles. The monoisotopic (exact) mass is 405 g/mol. The number of nitrogens with zero attached hydrogens (tertiary/aromatic N) is 2. The number of amides is 1. The number of thiazole rings is 1. The molecule has 0 saturated carbocycles. The van der Waals surface area contributed by atoms with Gasteiger partial charge in [0, 0.05) is 25.2 Å². The minimum atomic E-state index is -4.37. The first kappa shape index (κ1) is 20.0. The minimum absolute atomic E-state index is 0.138. The van der Waals surface area contributed by atoms with Crippen LogP contribution in [0.5, 0.6) is 0 Å². The summed E-state index contributed by atoms with van der Waals surface area (Å²) in [6.07, 6.45) is 0.193. The summed E-state index contributed by atoms with van der Waals surface area (Å²) >= 11 is 1.28. The molecule has 0 aliphatic rings. The van der Waals surface area contributed by atoms with Crippen LogP contribution in [0, 0.1) is 6.92 Å². The molecule has 0 aliphatic heterocycles. The van der Waals surface area contributed by atoms with E-state index in [-0.39, 0.29) is 12.3 Å². The van der Waals surface area contributed by atoms with Gasteiger partial charge in [0.15, 0.2) is 0 Å². The number of hydrogen-bond acceptors (Lipinski definition) is 4. The van der Waals surface area contributed by atoms with Gasteiger partial charge in [-0.2, -0.15) is 13.2 Å². The lowest BCUT2D eigenvalue weighted by Gasteiger charge is -2.07. The van der Waals surface area contributed by atoms with E-state index in [0.29, 0.717) is 34.1 Å². The first-order chi connectivity index (χ1) is 13.3. The molecule has 1 amide bonds. The van der Waals surface area contributed by atoms with Crippen LogP contribution >= 0.6 is 11.3 Å².